The molecule has 2 fully saturated rings. The van der Waals surface area contributed by atoms with Crippen molar-refractivity contribution < 1.29 is 0 Å². The summed E-state index contributed by atoms with van der Waals surface area (Å²) in [6, 6.07) is 0.846. The molecule has 0 radical (unpaired) electrons. The van der Waals surface area contributed by atoms with E-state index in [0.29, 0.717) is 0 Å². The highest BCUT2D eigenvalue weighted by molar-refractivity contribution is 4.79. The average molecular weight is 238 g/mol. The first-order valence-corrected chi connectivity index (χ1v) is 7.86. The van der Waals surface area contributed by atoms with Crippen molar-refractivity contribution in [3.8, 4) is 0 Å². The topological polar surface area (TPSA) is 6.48 Å². The summed E-state index contributed by atoms with van der Waals surface area (Å²) in [6.07, 6.45) is 11.4. The standard InChI is InChI=1S/C15H30N2/c1-2-9-15(17-12-7-4-8-13-17)14-16-10-5-3-6-11-16/h15H,2-14H2,1H3. The summed E-state index contributed by atoms with van der Waals surface area (Å²) in [5.41, 5.74) is 0. The summed E-state index contributed by atoms with van der Waals surface area (Å²) in [7, 11) is 0. The lowest BCUT2D eigenvalue weighted by Gasteiger charge is -2.38. The van der Waals surface area contributed by atoms with Crippen LogP contribution in [0, 0.1) is 0 Å². The molecule has 0 amide bonds. The van der Waals surface area contributed by atoms with Crippen LogP contribution in [0.4, 0.5) is 0 Å². The van der Waals surface area contributed by atoms with Crippen LogP contribution in [0.3, 0.4) is 0 Å². The molecular formula is C15H30N2. The predicted molar refractivity (Wildman–Crippen MR) is 74.4 cm³/mol. The normalized spacial score (nSPS) is 25.9. The van der Waals surface area contributed by atoms with Crippen molar-refractivity contribution in [3.05, 3.63) is 0 Å². The quantitative estimate of drug-likeness (QED) is 0.726. The summed E-state index contributed by atoms with van der Waals surface area (Å²) in [5, 5.41) is 0. The van der Waals surface area contributed by atoms with Gasteiger partial charge in [-0.3, -0.25) is 4.90 Å². The van der Waals surface area contributed by atoms with E-state index in [9.17, 15) is 0 Å². The molecule has 0 aromatic rings. The fourth-order valence-corrected chi connectivity index (χ4v) is 3.45. The third-order valence-corrected chi connectivity index (χ3v) is 4.45. The Labute approximate surface area is 107 Å². The Morgan fingerprint density at radius 1 is 0.824 bits per heavy atom. The molecule has 17 heavy (non-hydrogen) atoms. The molecule has 100 valence electrons. The van der Waals surface area contributed by atoms with Crippen LogP contribution in [0.25, 0.3) is 0 Å². The van der Waals surface area contributed by atoms with Gasteiger partial charge in [-0.15, -0.1) is 0 Å². The molecule has 2 saturated heterocycles. The number of hydrogen-bond donors (Lipinski definition) is 0. The minimum Gasteiger partial charge on any atom is -0.302 e. The molecule has 0 N–H and O–H groups in total. The van der Waals surface area contributed by atoms with Gasteiger partial charge in [-0.1, -0.05) is 26.2 Å². The van der Waals surface area contributed by atoms with Crippen molar-refractivity contribution in [3.63, 3.8) is 0 Å². The first-order valence-electron chi connectivity index (χ1n) is 7.86. The molecule has 2 rings (SSSR count). The number of nitrogens with zero attached hydrogens (tertiary/aromatic N) is 2. The average Bonchev–Trinajstić information content (AvgIpc) is 2.40. The third kappa shape index (κ3) is 4.26. The highest BCUT2D eigenvalue weighted by Gasteiger charge is 2.22. The minimum absolute atomic E-state index is 0.846. The van der Waals surface area contributed by atoms with Crippen molar-refractivity contribution in [2.45, 2.75) is 64.3 Å². The van der Waals surface area contributed by atoms with E-state index in [1.807, 2.05) is 0 Å². The fourth-order valence-electron chi connectivity index (χ4n) is 3.45. The van der Waals surface area contributed by atoms with E-state index >= 15 is 0 Å². The van der Waals surface area contributed by atoms with Crippen molar-refractivity contribution in [1.82, 2.24) is 9.80 Å². The Hall–Kier alpha value is -0.0800. The summed E-state index contributed by atoms with van der Waals surface area (Å²) in [5.74, 6) is 0. The second-order valence-corrected chi connectivity index (χ2v) is 5.90. The van der Waals surface area contributed by atoms with Gasteiger partial charge in [0.25, 0.3) is 0 Å². The maximum absolute atomic E-state index is 2.78. The molecule has 0 aliphatic carbocycles. The van der Waals surface area contributed by atoms with Gasteiger partial charge in [0.2, 0.25) is 0 Å². The van der Waals surface area contributed by atoms with Crippen molar-refractivity contribution in [2.24, 2.45) is 0 Å². The van der Waals surface area contributed by atoms with Crippen LogP contribution >= 0.6 is 0 Å². The summed E-state index contributed by atoms with van der Waals surface area (Å²) in [4.78, 5) is 5.50. The Balaban J connectivity index is 1.81. The molecule has 0 bridgehead atoms. The van der Waals surface area contributed by atoms with E-state index in [0.717, 1.165) is 6.04 Å². The van der Waals surface area contributed by atoms with Crippen molar-refractivity contribution >= 4 is 0 Å². The smallest absolute Gasteiger partial charge is 0.0223 e. The van der Waals surface area contributed by atoms with E-state index in [-0.39, 0.29) is 0 Å². The van der Waals surface area contributed by atoms with Crippen molar-refractivity contribution in [1.29, 1.82) is 0 Å². The molecule has 0 aromatic heterocycles. The number of rotatable bonds is 5. The Morgan fingerprint density at radius 3 is 2.00 bits per heavy atom. The minimum atomic E-state index is 0.846. The summed E-state index contributed by atoms with van der Waals surface area (Å²) in [6.45, 7) is 9.11. The molecule has 2 heterocycles. The van der Waals surface area contributed by atoms with Gasteiger partial charge in [-0.05, 0) is 58.3 Å². The largest absolute Gasteiger partial charge is 0.302 e. The van der Waals surface area contributed by atoms with Gasteiger partial charge < -0.3 is 4.90 Å². The first kappa shape index (κ1) is 13.4. The lowest BCUT2D eigenvalue weighted by Crippen LogP contribution is -2.47. The monoisotopic (exact) mass is 238 g/mol. The zero-order chi connectivity index (χ0) is 11.9. The zero-order valence-corrected chi connectivity index (χ0v) is 11.7. The van der Waals surface area contributed by atoms with Gasteiger partial charge in [0.05, 0.1) is 0 Å². The second kappa shape index (κ2) is 7.38. The highest BCUT2D eigenvalue weighted by atomic mass is 15.2. The molecule has 2 nitrogen and oxygen atoms in total. The predicted octanol–water partition coefficient (Wildman–Crippen LogP) is 3.13. The highest BCUT2D eigenvalue weighted by Crippen LogP contribution is 2.18. The van der Waals surface area contributed by atoms with E-state index in [2.05, 4.69) is 16.7 Å². The van der Waals surface area contributed by atoms with Crippen LogP contribution in [-0.4, -0.2) is 48.6 Å². The van der Waals surface area contributed by atoms with Crippen LogP contribution in [0.1, 0.15) is 58.3 Å². The van der Waals surface area contributed by atoms with E-state index < -0.39 is 0 Å². The molecule has 0 aromatic carbocycles. The molecular weight excluding hydrogens is 208 g/mol. The van der Waals surface area contributed by atoms with E-state index in [4.69, 9.17) is 0 Å². The lowest BCUT2D eigenvalue weighted by atomic mass is 10.0. The number of piperidine rings is 2. The first-order chi connectivity index (χ1) is 8.40. The molecule has 2 heteroatoms. The molecule has 2 aliphatic rings. The SMILES string of the molecule is CCCC(CN1CCCCC1)N1CCCCC1. The van der Waals surface area contributed by atoms with Gasteiger partial charge in [0.15, 0.2) is 0 Å². The Morgan fingerprint density at radius 2 is 1.41 bits per heavy atom. The number of hydrogen-bond acceptors (Lipinski definition) is 2. The van der Waals surface area contributed by atoms with E-state index in [1.165, 1.54) is 84.1 Å². The van der Waals surface area contributed by atoms with Gasteiger partial charge in [0.1, 0.15) is 0 Å². The van der Waals surface area contributed by atoms with Gasteiger partial charge in [-0.25, -0.2) is 0 Å². The molecule has 0 spiro atoms. The van der Waals surface area contributed by atoms with Gasteiger partial charge in [-0.2, -0.15) is 0 Å². The maximum atomic E-state index is 2.78. The third-order valence-electron chi connectivity index (χ3n) is 4.45. The van der Waals surface area contributed by atoms with Crippen LogP contribution in [0.5, 0.6) is 0 Å². The summed E-state index contributed by atoms with van der Waals surface area (Å²) >= 11 is 0. The second-order valence-electron chi connectivity index (χ2n) is 5.90. The van der Waals surface area contributed by atoms with Crippen molar-refractivity contribution in [2.75, 3.05) is 32.7 Å². The lowest BCUT2D eigenvalue weighted by molar-refractivity contribution is 0.102. The Kier molecular flexibility index (Phi) is 5.79. The fraction of sp³-hybridized carbons (Fsp3) is 1.00. The Bertz CT molecular complexity index is 193. The molecule has 0 saturated carbocycles. The van der Waals surface area contributed by atoms with Crippen LogP contribution < -0.4 is 0 Å². The molecule has 1 atom stereocenters. The van der Waals surface area contributed by atoms with Gasteiger partial charge >= 0.3 is 0 Å². The zero-order valence-electron chi connectivity index (χ0n) is 11.7. The molecule has 2 aliphatic heterocycles. The van der Waals surface area contributed by atoms with E-state index in [1.54, 1.807) is 0 Å². The maximum Gasteiger partial charge on any atom is 0.0223 e. The molecule has 1 unspecified atom stereocenters. The number of likely N-dealkylation sites (tertiary alicyclic amines) is 2. The summed E-state index contributed by atoms with van der Waals surface area (Å²) < 4.78 is 0. The van der Waals surface area contributed by atoms with Crippen LogP contribution in [0.2, 0.25) is 0 Å². The van der Waals surface area contributed by atoms with Crippen LogP contribution in [-0.2, 0) is 0 Å². The van der Waals surface area contributed by atoms with Gasteiger partial charge in [0, 0.05) is 12.6 Å². The van der Waals surface area contributed by atoms with Crippen LogP contribution in [0.15, 0.2) is 0 Å².